The zero-order valence-corrected chi connectivity index (χ0v) is 17.0. The van der Waals surface area contributed by atoms with Crippen molar-refractivity contribution in [2.45, 2.75) is 25.8 Å². The molecule has 1 saturated heterocycles. The zero-order chi connectivity index (χ0) is 20.1. The number of ether oxygens (including phenoxy) is 1. The number of para-hydroxylation sites is 1. The number of H-pyrrole nitrogens is 1. The summed E-state index contributed by atoms with van der Waals surface area (Å²) in [5.41, 5.74) is 3.66. The first-order chi connectivity index (χ1) is 14.2. The van der Waals surface area contributed by atoms with E-state index in [1.807, 2.05) is 24.4 Å². The minimum absolute atomic E-state index is 0.125. The second kappa shape index (κ2) is 9.14. The van der Waals surface area contributed by atoms with Gasteiger partial charge >= 0.3 is 0 Å². The fourth-order valence-corrected chi connectivity index (χ4v) is 4.19. The highest BCUT2D eigenvalue weighted by atomic mass is 16.5. The number of piperidine rings is 1. The summed E-state index contributed by atoms with van der Waals surface area (Å²) < 4.78 is 5.31. The Morgan fingerprint density at radius 2 is 2.00 bits per heavy atom. The highest BCUT2D eigenvalue weighted by molar-refractivity contribution is 5.83. The van der Waals surface area contributed by atoms with Crippen LogP contribution >= 0.6 is 0 Å². The normalized spacial score (nSPS) is 15.5. The Kier molecular flexibility index (Phi) is 6.15. The number of likely N-dealkylation sites (tertiary alicyclic amines) is 1. The van der Waals surface area contributed by atoms with Crippen LogP contribution in [-0.4, -0.2) is 42.5 Å². The Morgan fingerprint density at radius 3 is 2.83 bits per heavy atom. The molecule has 0 spiro atoms. The van der Waals surface area contributed by atoms with Crippen LogP contribution in [0, 0.1) is 5.92 Å². The number of rotatable bonds is 7. The quantitative estimate of drug-likeness (QED) is 0.645. The molecule has 1 fully saturated rings. The van der Waals surface area contributed by atoms with E-state index in [1.165, 1.54) is 16.5 Å². The summed E-state index contributed by atoms with van der Waals surface area (Å²) in [6.07, 6.45) is 4.74. The first-order valence-corrected chi connectivity index (χ1v) is 10.4. The lowest BCUT2D eigenvalue weighted by atomic mass is 9.95. The molecule has 3 aromatic rings. The summed E-state index contributed by atoms with van der Waals surface area (Å²) in [7, 11) is 1.70. The number of carbonyl (C=O) groups is 1. The Morgan fingerprint density at radius 1 is 1.17 bits per heavy atom. The van der Waals surface area contributed by atoms with Gasteiger partial charge in [-0.15, -0.1) is 0 Å². The maximum atomic E-state index is 12.6. The van der Waals surface area contributed by atoms with Crippen molar-refractivity contribution in [3.8, 4) is 5.75 Å². The third-order valence-corrected chi connectivity index (χ3v) is 5.87. The number of methoxy groups -OCH3 is 1. The number of nitrogens with zero attached hydrogens (tertiary/aromatic N) is 1. The fourth-order valence-electron chi connectivity index (χ4n) is 4.19. The molecule has 0 radical (unpaired) electrons. The summed E-state index contributed by atoms with van der Waals surface area (Å²) >= 11 is 0. The van der Waals surface area contributed by atoms with Crippen molar-refractivity contribution in [2.24, 2.45) is 5.92 Å². The van der Waals surface area contributed by atoms with Crippen molar-refractivity contribution in [2.75, 3.05) is 26.7 Å². The number of aromatic amines is 1. The molecule has 2 heterocycles. The molecule has 152 valence electrons. The maximum absolute atomic E-state index is 12.6. The number of fused-ring (bicyclic) bond motifs is 1. The Labute approximate surface area is 172 Å². The lowest BCUT2D eigenvalue weighted by Crippen LogP contribution is -2.40. The van der Waals surface area contributed by atoms with Gasteiger partial charge < -0.3 is 15.0 Å². The van der Waals surface area contributed by atoms with Gasteiger partial charge in [-0.1, -0.05) is 30.3 Å². The monoisotopic (exact) mass is 391 g/mol. The van der Waals surface area contributed by atoms with Crippen molar-refractivity contribution in [1.82, 2.24) is 15.2 Å². The van der Waals surface area contributed by atoms with E-state index in [0.29, 0.717) is 6.54 Å². The lowest BCUT2D eigenvalue weighted by molar-refractivity contribution is -0.126. The molecule has 1 aromatic heterocycles. The van der Waals surface area contributed by atoms with Gasteiger partial charge in [0.1, 0.15) is 5.75 Å². The number of carbonyl (C=O) groups excluding carboxylic acids is 1. The number of hydrogen-bond donors (Lipinski definition) is 2. The molecule has 0 atom stereocenters. The number of aromatic nitrogens is 1. The van der Waals surface area contributed by atoms with Crippen LogP contribution in [-0.2, 0) is 17.8 Å². The molecule has 0 saturated carbocycles. The van der Waals surface area contributed by atoms with Crippen LogP contribution in [0.15, 0.2) is 54.7 Å². The first kappa shape index (κ1) is 19.5. The van der Waals surface area contributed by atoms with Crippen LogP contribution in [0.1, 0.15) is 24.0 Å². The van der Waals surface area contributed by atoms with Crippen LogP contribution < -0.4 is 10.1 Å². The third kappa shape index (κ3) is 4.80. The van der Waals surface area contributed by atoms with E-state index >= 15 is 0 Å². The van der Waals surface area contributed by atoms with E-state index in [1.54, 1.807) is 7.11 Å². The van der Waals surface area contributed by atoms with Gasteiger partial charge in [0.25, 0.3) is 0 Å². The average Bonchev–Trinajstić information content (AvgIpc) is 3.17. The van der Waals surface area contributed by atoms with Gasteiger partial charge in [-0.3, -0.25) is 9.69 Å². The Bertz CT molecular complexity index is 957. The van der Waals surface area contributed by atoms with Crippen LogP contribution in [0.5, 0.6) is 5.75 Å². The minimum atomic E-state index is 0.125. The minimum Gasteiger partial charge on any atom is -0.497 e. The van der Waals surface area contributed by atoms with Crippen LogP contribution in [0.3, 0.4) is 0 Å². The summed E-state index contributed by atoms with van der Waals surface area (Å²) in [5.74, 6) is 1.22. The van der Waals surface area contributed by atoms with Crippen molar-refractivity contribution >= 4 is 16.8 Å². The summed E-state index contributed by atoms with van der Waals surface area (Å²) in [6, 6.07) is 16.5. The second-order valence-electron chi connectivity index (χ2n) is 7.80. The summed E-state index contributed by atoms with van der Waals surface area (Å²) in [5, 5.41) is 4.39. The van der Waals surface area contributed by atoms with Gasteiger partial charge in [-0.2, -0.15) is 0 Å². The van der Waals surface area contributed by atoms with Gasteiger partial charge in [0.05, 0.1) is 7.11 Å². The smallest absolute Gasteiger partial charge is 0.223 e. The van der Waals surface area contributed by atoms with Crippen LogP contribution in [0.25, 0.3) is 10.9 Å². The van der Waals surface area contributed by atoms with Gasteiger partial charge in [0.15, 0.2) is 0 Å². The second-order valence-corrected chi connectivity index (χ2v) is 7.80. The van der Waals surface area contributed by atoms with Gasteiger partial charge in [-0.05, 0) is 61.7 Å². The topological polar surface area (TPSA) is 57.4 Å². The third-order valence-electron chi connectivity index (χ3n) is 5.87. The Balaban J connectivity index is 1.21. The van der Waals surface area contributed by atoms with E-state index in [0.717, 1.165) is 50.2 Å². The van der Waals surface area contributed by atoms with Gasteiger partial charge in [0, 0.05) is 36.1 Å². The number of benzene rings is 2. The molecule has 1 aliphatic heterocycles. The molecular weight excluding hydrogens is 362 g/mol. The molecule has 29 heavy (non-hydrogen) atoms. The standard InChI is InChI=1S/C24H29N3O2/c1-29-21-6-4-5-18(15-21)17-27-13-10-19(11-14-27)24(28)25-12-9-20-16-26-23-8-3-2-7-22(20)23/h2-8,15-16,19,26H,9-14,17H2,1H3,(H,25,28). The van der Waals surface area contributed by atoms with Crippen molar-refractivity contribution in [3.05, 3.63) is 65.9 Å². The molecule has 4 rings (SSSR count). The molecule has 2 N–H and O–H groups in total. The largest absolute Gasteiger partial charge is 0.497 e. The number of nitrogens with one attached hydrogen (secondary N) is 2. The molecule has 0 bridgehead atoms. The van der Waals surface area contributed by atoms with Crippen molar-refractivity contribution in [1.29, 1.82) is 0 Å². The maximum Gasteiger partial charge on any atom is 0.223 e. The van der Waals surface area contributed by atoms with Gasteiger partial charge in [-0.25, -0.2) is 0 Å². The summed E-state index contributed by atoms with van der Waals surface area (Å²) in [6.45, 7) is 3.51. The van der Waals surface area contributed by atoms with Crippen LogP contribution in [0.4, 0.5) is 0 Å². The first-order valence-electron chi connectivity index (χ1n) is 10.4. The van der Waals surface area contributed by atoms with Crippen LogP contribution in [0.2, 0.25) is 0 Å². The predicted molar refractivity (Wildman–Crippen MR) is 116 cm³/mol. The van der Waals surface area contributed by atoms with Crippen molar-refractivity contribution in [3.63, 3.8) is 0 Å². The lowest BCUT2D eigenvalue weighted by Gasteiger charge is -2.31. The molecule has 1 amide bonds. The van der Waals surface area contributed by atoms with E-state index in [9.17, 15) is 4.79 Å². The highest BCUT2D eigenvalue weighted by Gasteiger charge is 2.24. The van der Waals surface area contributed by atoms with E-state index < -0.39 is 0 Å². The molecule has 2 aromatic carbocycles. The SMILES string of the molecule is COc1cccc(CN2CCC(C(=O)NCCc3c[nH]c4ccccc34)CC2)c1. The zero-order valence-electron chi connectivity index (χ0n) is 17.0. The summed E-state index contributed by atoms with van der Waals surface area (Å²) in [4.78, 5) is 18.3. The van der Waals surface area contributed by atoms with E-state index in [4.69, 9.17) is 4.74 Å². The number of hydrogen-bond acceptors (Lipinski definition) is 3. The Hall–Kier alpha value is -2.79. The van der Waals surface area contributed by atoms with E-state index in [2.05, 4.69) is 45.5 Å². The molecular formula is C24H29N3O2. The fraction of sp³-hybridized carbons (Fsp3) is 0.375. The van der Waals surface area contributed by atoms with Crippen molar-refractivity contribution < 1.29 is 9.53 Å². The van der Waals surface area contributed by atoms with E-state index in [-0.39, 0.29) is 11.8 Å². The van der Waals surface area contributed by atoms with Gasteiger partial charge in [0.2, 0.25) is 5.91 Å². The molecule has 5 heteroatoms. The molecule has 0 aliphatic carbocycles. The highest BCUT2D eigenvalue weighted by Crippen LogP contribution is 2.21. The average molecular weight is 392 g/mol. The number of amides is 1. The molecule has 1 aliphatic rings. The molecule has 5 nitrogen and oxygen atoms in total. The molecule has 0 unspecified atom stereocenters. The predicted octanol–water partition coefficient (Wildman–Crippen LogP) is 3.75.